The van der Waals surface area contributed by atoms with E-state index in [0.29, 0.717) is 24.1 Å². The fourth-order valence-electron chi connectivity index (χ4n) is 4.57. The number of aromatic nitrogens is 4. The molecule has 0 saturated carbocycles. The van der Waals surface area contributed by atoms with E-state index in [1.54, 1.807) is 11.1 Å². The summed E-state index contributed by atoms with van der Waals surface area (Å²) in [6.45, 7) is 7.83. The van der Waals surface area contributed by atoms with Gasteiger partial charge in [-0.3, -0.25) is 10.00 Å². The molecule has 0 bridgehead atoms. The maximum Gasteiger partial charge on any atom is 0.415 e. The Morgan fingerprint density at radius 2 is 1.86 bits per heavy atom. The van der Waals surface area contributed by atoms with Gasteiger partial charge in [-0.15, -0.1) is 0 Å². The molecule has 4 N–H and O–H groups in total. The van der Waals surface area contributed by atoms with Gasteiger partial charge in [0, 0.05) is 41.8 Å². The van der Waals surface area contributed by atoms with Crippen molar-refractivity contribution in [1.82, 2.24) is 25.1 Å². The monoisotopic (exact) mass is 503 g/mol. The second-order valence-electron chi connectivity index (χ2n) is 9.50. The van der Waals surface area contributed by atoms with Crippen molar-refractivity contribution in [3.8, 4) is 0 Å². The summed E-state index contributed by atoms with van der Waals surface area (Å²) in [5.74, 6) is 1.70. The van der Waals surface area contributed by atoms with Crippen LogP contribution in [0, 0.1) is 27.7 Å². The Hall–Kier alpha value is -3.18. The largest absolute Gasteiger partial charge is 0.415 e. The first-order valence-electron chi connectivity index (χ1n) is 12.0. The van der Waals surface area contributed by atoms with E-state index in [-0.39, 0.29) is 6.04 Å². The number of hydrogen-bond donors (Lipinski definition) is 4. The highest BCUT2D eigenvalue weighted by Crippen LogP contribution is 2.36. The van der Waals surface area contributed by atoms with Gasteiger partial charge >= 0.3 is 6.18 Å². The Balaban J connectivity index is 1.54. The highest BCUT2D eigenvalue weighted by Gasteiger charge is 2.40. The number of benzene rings is 1. The van der Waals surface area contributed by atoms with Gasteiger partial charge in [0.2, 0.25) is 5.95 Å². The Labute approximate surface area is 208 Å². The predicted octanol–water partition coefficient (Wildman–Crippen LogP) is 5.37. The van der Waals surface area contributed by atoms with Gasteiger partial charge in [0.15, 0.2) is 11.9 Å². The van der Waals surface area contributed by atoms with E-state index >= 15 is 0 Å². The lowest BCUT2D eigenvalue weighted by Crippen LogP contribution is -2.44. The molecule has 3 heterocycles. The van der Waals surface area contributed by atoms with Crippen molar-refractivity contribution in [2.45, 2.75) is 65.3 Å². The molecule has 1 aliphatic heterocycles. The first-order chi connectivity index (χ1) is 17.0. The van der Waals surface area contributed by atoms with Crippen LogP contribution in [0.5, 0.6) is 0 Å². The van der Waals surface area contributed by atoms with Gasteiger partial charge in [0.1, 0.15) is 5.82 Å². The van der Waals surface area contributed by atoms with E-state index < -0.39 is 18.8 Å². The Morgan fingerprint density at radius 1 is 1.08 bits per heavy atom. The number of H-pyrrole nitrogens is 1. The minimum Gasteiger partial charge on any atom is -0.382 e. The van der Waals surface area contributed by atoms with E-state index in [4.69, 9.17) is 0 Å². The molecule has 36 heavy (non-hydrogen) atoms. The molecule has 194 valence electrons. The molecule has 3 aromatic rings. The summed E-state index contributed by atoms with van der Waals surface area (Å²) in [5.41, 5.74) is 5.48. The standard InChI is InChI=1S/C25H32F3N7O/c1-14-10-19(30-24-29-12-16(3)23(32-24)31-22-11-17(4)33-34-22)15(2)9-18(14)20-7-5-6-8-35(20)13-21(36)25(26,27)28/h9-12,20-21,36H,5-8,13H2,1-4H3,(H3,29,30,31,32,33,34)/t20?,21-/m0/s1. The number of nitrogens with zero attached hydrogens (tertiary/aromatic N) is 4. The van der Waals surface area contributed by atoms with Crippen molar-refractivity contribution in [1.29, 1.82) is 0 Å². The molecular weight excluding hydrogens is 471 g/mol. The Bertz CT molecular complexity index is 1210. The molecule has 2 atom stereocenters. The molecule has 0 aliphatic carbocycles. The van der Waals surface area contributed by atoms with E-state index in [0.717, 1.165) is 52.9 Å². The maximum absolute atomic E-state index is 13.0. The third kappa shape index (κ3) is 5.96. The molecule has 0 spiro atoms. The van der Waals surface area contributed by atoms with Gasteiger partial charge in [-0.05, 0) is 69.8 Å². The zero-order chi connectivity index (χ0) is 26.0. The molecule has 0 amide bonds. The number of hydrogen-bond acceptors (Lipinski definition) is 7. The van der Waals surface area contributed by atoms with Gasteiger partial charge in [0.05, 0.1) is 0 Å². The fourth-order valence-corrected chi connectivity index (χ4v) is 4.57. The average Bonchev–Trinajstić information content (AvgIpc) is 3.22. The van der Waals surface area contributed by atoms with Crippen LogP contribution in [0.3, 0.4) is 0 Å². The normalized spacial score (nSPS) is 17.7. The van der Waals surface area contributed by atoms with Crippen LogP contribution in [0.1, 0.15) is 53.3 Å². The molecule has 8 nitrogen and oxygen atoms in total. The van der Waals surface area contributed by atoms with Crippen molar-refractivity contribution in [2.75, 3.05) is 23.7 Å². The van der Waals surface area contributed by atoms with E-state index in [9.17, 15) is 18.3 Å². The summed E-state index contributed by atoms with van der Waals surface area (Å²) in [6, 6.07) is 5.70. The maximum atomic E-state index is 13.0. The quantitative estimate of drug-likeness (QED) is 0.344. The van der Waals surface area contributed by atoms with Gasteiger partial charge in [-0.25, -0.2) is 4.98 Å². The Kier molecular flexibility index (Phi) is 7.51. The average molecular weight is 504 g/mol. The highest BCUT2D eigenvalue weighted by atomic mass is 19.4. The zero-order valence-electron chi connectivity index (χ0n) is 20.9. The van der Waals surface area contributed by atoms with Crippen molar-refractivity contribution in [3.63, 3.8) is 0 Å². The summed E-state index contributed by atoms with van der Waals surface area (Å²) in [4.78, 5) is 10.8. The number of rotatable bonds is 7. The first kappa shape index (κ1) is 25.9. The lowest BCUT2D eigenvalue weighted by atomic mass is 9.90. The summed E-state index contributed by atoms with van der Waals surface area (Å²) in [7, 11) is 0. The van der Waals surface area contributed by atoms with Crippen LogP contribution in [-0.4, -0.2) is 55.5 Å². The second-order valence-corrected chi connectivity index (χ2v) is 9.50. The van der Waals surface area contributed by atoms with Crippen LogP contribution < -0.4 is 10.6 Å². The van der Waals surface area contributed by atoms with Crippen LogP contribution in [0.15, 0.2) is 24.4 Å². The summed E-state index contributed by atoms with van der Waals surface area (Å²) in [5, 5.41) is 23.2. The number of aliphatic hydroxyl groups is 1. The van der Waals surface area contributed by atoms with Crippen LogP contribution in [-0.2, 0) is 0 Å². The van der Waals surface area contributed by atoms with E-state index in [2.05, 4.69) is 30.8 Å². The molecule has 1 aliphatic rings. The number of aryl methyl sites for hydroxylation is 4. The summed E-state index contributed by atoms with van der Waals surface area (Å²) in [6.07, 6.45) is -2.76. The summed E-state index contributed by atoms with van der Waals surface area (Å²) < 4.78 is 39.0. The number of halogens is 3. The lowest BCUT2D eigenvalue weighted by Gasteiger charge is -2.38. The van der Waals surface area contributed by atoms with Gasteiger partial charge in [-0.1, -0.05) is 12.5 Å². The minimum absolute atomic E-state index is 0.174. The highest BCUT2D eigenvalue weighted by molar-refractivity contribution is 5.63. The molecule has 1 saturated heterocycles. The molecule has 1 aromatic carbocycles. The van der Waals surface area contributed by atoms with E-state index in [1.165, 1.54) is 0 Å². The van der Waals surface area contributed by atoms with Crippen LogP contribution in [0.4, 0.5) is 36.4 Å². The van der Waals surface area contributed by atoms with E-state index in [1.807, 2.05) is 45.9 Å². The molecule has 1 unspecified atom stereocenters. The Morgan fingerprint density at radius 3 is 2.56 bits per heavy atom. The SMILES string of the molecule is Cc1cc(Nc2nc(Nc3cc(C)c(C4CCCCN4C[C@H](O)C(F)(F)F)cc3C)ncc2C)n[nH]1. The van der Waals surface area contributed by atoms with Crippen LogP contribution in [0.25, 0.3) is 0 Å². The molecule has 4 rings (SSSR count). The molecule has 1 fully saturated rings. The van der Waals surface area contributed by atoms with Gasteiger partial charge in [-0.2, -0.15) is 23.3 Å². The van der Waals surface area contributed by atoms with Crippen molar-refractivity contribution in [3.05, 3.63) is 52.3 Å². The smallest absolute Gasteiger partial charge is 0.382 e. The van der Waals surface area contributed by atoms with Gasteiger partial charge in [0.25, 0.3) is 0 Å². The van der Waals surface area contributed by atoms with Crippen molar-refractivity contribution >= 4 is 23.3 Å². The third-order valence-corrected chi connectivity index (χ3v) is 6.54. The lowest BCUT2D eigenvalue weighted by molar-refractivity contribution is -0.210. The number of piperidine rings is 1. The molecule has 0 radical (unpaired) electrons. The van der Waals surface area contributed by atoms with Crippen molar-refractivity contribution in [2.24, 2.45) is 0 Å². The number of alkyl halides is 3. The summed E-state index contributed by atoms with van der Waals surface area (Å²) >= 11 is 0. The third-order valence-electron chi connectivity index (χ3n) is 6.54. The van der Waals surface area contributed by atoms with Crippen molar-refractivity contribution < 1.29 is 18.3 Å². The number of aromatic amines is 1. The van der Waals surface area contributed by atoms with Gasteiger partial charge < -0.3 is 15.7 Å². The molecule has 11 heteroatoms. The zero-order valence-corrected chi connectivity index (χ0v) is 20.9. The van der Waals surface area contributed by atoms with Crippen LogP contribution in [0.2, 0.25) is 0 Å². The number of nitrogens with one attached hydrogen (secondary N) is 3. The fraction of sp³-hybridized carbons (Fsp3) is 0.480. The number of likely N-dealkylation sites (tertiary alicyclic amines) is 1. The minimum atomic E-state index is -4.63. The number of anilines is 4. The number of β-amino-alcohol motifs (C(OH)–C–C–N with tert-alkyl or cyclic N) is 1. The van der Waals surface area contributed by atoms with Crippen LogP contribution >= 0.6 is 0 Å². The molecular formula is C25H32F3N7O. The number of aliphatic hydroxyl groups excluding tert-OH is 1. The molecule has 2 aromatic heterocycles. The second kappa shape index (κ2) is 10.4. The predicted molar refractivity (Wildman–Crippen MR) is 133 cm³/mol. The first-order valence-corrected chi connectivity index (χ1v) is 12.0. The topological polar surface area (TPSA) is 102 Å².